The number of ether oxygens (including phenoxy) is 3. The molecular formula is C37H60O7. The lowest BCUT2D eigenvalue weighted by molar-refractivity contribution is -0.275. The molecule has 0 unspecified atom stereocenters. The lowest BCUT2D eigenvalue weighted by Crippen LogP contribution is -2.67. The monoisotopic (exact) mass is 616 g/mol. The molecule has 7 heteroatoms. The molecule has 44 heavy (non-hydrogen) atoms. The van der Waals surface area contributed by atoms with E-state index in [2.05, 4.69) is 48.1 Å². The fourth-order valence-corrected chi connectivity index (χ4v) is 13.3. The van der Waals surface area contributed by atoms with E-state index in [1.807, 2.05) is 0 Å². The molecule has 6 rings (SSSR count). The Kier molecular flexibility index (Phi) is 8.06. The van der Waals surface area contributed by atoms with Crippen molar-refractivity contribution in [3.8, 4) is 0 Å². The number of aliphatic hydroxyl groups is 3. The van der Waals surface area contributed by atoms with Crippen LogP contribution in [0, 0.1) is 56.7 Å². The average Bonchev–Trinajstić information content (AvgIpc) is 3.49. The molecule has 0 spiro atoms. The van der Waals surface area contributed by atoms with Crippen molar-refractivity contribution in [1.29, 1.82) is 0 Å². The third kappa shape index (κ3) is 4.27. The average molecular weight is 617 g/mol. The first-order valence-corrected chi connectivity index (χ1v) is 17.6. The molecule has 0 aromatic carbocycles. The van der Waals surface area contributed by atoms with Gasteiger partial charge in [0, 0.05) is 0 Å². The first-order valence-electron chi connectivity index (χ1n) is 17.6. The summed E-state index contributed by atoms with van der Waals surface area (Å²) in [5.74, 6) is 2.24. The summed E-state index contributed by atoms with van der Waals surface area (Å²) in [6.45, 7) is 20.6. The summed E-state index contributed by atoms with van der Waals surface area (Å²) in [5, 5.41) is 31.3. The minimum Gasteiger partial charge on any atom is -0.469 e. The zero-order valence-corrected chi connectivity index (χ0v) is 28.6. The maximum atomic E-state index is 13.5. The fraction of sp³-hybridized carbons (Fsp3) is 0.919. The number of fused-ring (bicyclic) bond motifs is 7. The van der Waals surface area contributed by atoms with Crippen molar-refractivity contribution in [3.05, 3.63) is 12.2 Å². The van der Waals surface area contributed by atoms with Crippen LogP contribution >= 0.6 is 0 Å². The molecule has 6 fully saturated rings. The Morgan fingerprint density at radius 3 is 2.20 bits per heavy atom. The third-order valence-electron chi connectivity index (χ3n) is 15.6. The number of esters is 1. The van der Waals surface area contributed by atoms with Crippen molar-refractivity contribution in [3.63, 3.8) is 0 Å². The number of methoxy groups -OCH3 is 1. The van der Waals surface area contributed by atoms with Crippen LogP contribution in [0.4, 0.5) is 0 Å². The van der Waals surface area contributed by atoms with Crippen LogP contribution in [-0.4, -0.2) is 65.2 Å². The molecule has 15 atom stereocenters. The number of rotatable bonds is 5. The zero-order valence-electron chi connectivity index (χ0n) is 28.6. The standard InChI is InChI=1S/C37H60O7/c1-20(2)22-12-17-37(32(41)42-9)19-18-35(7)23(27(22)37)10-11-25-34(6)15-14-26(33(4,5)24(34)13-16-36(25,35)8)43-31-29(40)28(39)30(44-31)21(3)38/h21-31,38-40H,1,10-19H2,2-9H3/t21-,22-,23+,24-,25+,26-,27+,28-,29-,30+,31-,34-,35+,36+,37-/m0/s1. The highest BCUT2D eigenvalue weighted by Gasteiger charge is 2.72. The second-order valence-corrected chi connectivity index (χ2v) is 17.5. The van der Waals surface area contributed by atoms with E-state index < -0.39 is 30.7 Å². The van der Waals surface area contributed by atoms with Crippen LogP contribution in [0.15, 0.2) is 12.2 Å². The molecule has 0 aromatic rings. The van der Waals surface area contributed by atoms with Crippen molar-refractivity contribution in [2.75, 3.05) is 7.11 Å². The second kappa shape index (κ2) is 10.8. The normalized spacial score (nSPS) is 53.5. The highest BCUT2D eigenvalue weighted by Crippen LogP contribution is 2.77. The van der Waals surface area contributed by atoms with Gasteiger partial charge in [0.05, 0.1) is 24.7 Å². The maximum absolute atomic E-state index is 13.5. The van der Waals surface area contributed by atoms with E-state index in [4.69, 9.17) is 14.2 Å². The molecule has 0 aromatic heterocycles. The van der Waals surface area contributed by atoms with Crippen molar-refractivity contribution in [1.82, 2.24) is 0 Å². The molecule has 1 heterocycles. The summed E-state index contributed by atoms with van der Waals surface area (Å²) in [6, 6.07) is 0. The Bertz CT molecular complexity index is 1150. The quantitative estimate of drug-likeness (QED) is 0.256. The molecule has 0 amide bonds. The van der Waals surface area contributed by atoms with Gasteiger partial charge in [0.15, 0.2) is 6.29 Å². The van der Waals surface area contributed by atoms with Crippen molar-refractivity contribution in [2.45, 2.75) is 149 Å². The number of allylic oxidation sites excluding steroid dienone is 1. The van der Waals surface area contributed by atoms with E-state index in [0.29, 0.717) is 29.6 Å². The van der Waals surface area contributed by atoms with E-state index in [9.17, 15) is 20.1 Å². The smallest absolute Gasteiger partial charge is 0.312 e. The van der Waals surface area contributed by atoms with Gasteiger partial charge < -0.3 is 29.5 Å². The minimum atomic E-state index is -1.18. The van der Waals surface area contributed by atoms with E-state index in [0.717, 1.165) is 51.4 Å². The first-order chi connectivity index (χ1) is 20.5. The molecule has 250 valence electrons. The summed E-state index contributed by atoms with van der Waals surface area (Å²) >= 11 is 0. The van der Waals surface area contributed by atoms with Crippen LogP contribution in [0.5, 0.6) is 0 Å². The Hall–Kier alpha value is -0.990. The van der Waals surface area contributed by atoms with Gasteiger partial charge in [-0.3, -0.25) is 4.79 Å². The van der Waals surface area contributed by atoms with Gasteiger partial charge in [-0.1, -0.05) is 46.8 Å². The van der Waals surface area contributed by atoms with Gasteiger partial charge in [-0.25, -0.2) is 0 Å². The van der Waals surface area contributed by atoms with Crippen LogP contribution in [0.1, 0.15) is 113 Å². The van der Waals surface area contributed by atoms with Crippen LogP contribution in [0.3, 0.4) is 0 Å². The van der Waals surface area contributed by atoms with Crippen molar-refractivity contribution >= 4 is 5.97 Å². The van der Waals surface area contributed by atoms with Crippen LogP contribution < -0.4 is 0 Å². The number of hydrogen-bond donors (Lipinski definition) is 3. The summed E-state index contributed by atoms with van der Waals surface area (Å²) < 4.78 is 17.9. The van der Waals surface area contributed by atoms with Gasteiger partial charge in [-0.2, -0.15) is 0 Å². The van der Waals surface area contributed by atoms with E-state index in [1.165, 1.54) is 18.4 Å². The highest BCUT2D eigenvalue weighted by molar-refractivity contribution is 5.78. The molecule has 1 saturated heterocycles. The number of hydrogen-bond acceptors (Lipinski definition) is 7. The van der Waals surface area contributed by atoms with Gasteiger partial charge in [-0.15, -0.1) is 0 Å². The Balaban J connectivity index is 1.27. The summed E-state index contributed by atoms with van der Waals surface area (Å²) in [4.78, 5) is 13.5. The molecule has 0 radical (unpaired) electrons. The Morgan fingerprint density at radius 1 is 0.886 bits per heavy atom. The molecule has 0 bridgehead atoms. The Labute approximate surface area is 265 Å². The van der Waals surface area contributed by atoms with Crippen molar-refractivity contribution < 1.29 is 34.3 Å². The van der Waals surface area contributed by atoms with Gasteiger partial charge in [0.25, 0.3) is 0 Å². The van der Waals surface area contributed by atoms with Gasteiger partial charge in [0.2, 0.25) is 0 Å². The largest absolute Gasteiger partial charge is 0.469 e. The lowest BCUT2D eigenvalue weighted by atomic mass is 9.32. The van der Waals surface area contributed by atoms with Crippen LogP contribution in [0.2, 0.25) is 0 Å². The predicted octanol–water partition coefficient (Wildman–Crippen LogP) is 6.03. The zero-order chi connectivity index (χ0) is 32.2. The molecule has 1 aliphatic heterocycles. The van der Waals surface area contributed by atoms with E-state index in [-0.39, 0.29) is 39.1 Å². The van der Waals surface area contributed by atoms with Gasteiger partial charge >= 0.3 is 5.97 Å². The van der Waals surface area contributed by atoms with Crippen molar-refractivity contribution in [2.24, 2.45) is 56.7 Å². The predicted molar refractivity (Wildman–Crippen MR) is 168 cm³/mol. The first kappa shape index (κ1) is 32.9. The van der Waals surface area contributed by atoms with Crippen LogP contribution in [0.25, 0.3) is 0 Å². The summed E-state index contributed by atoms with van der Waals surface area (Å²) in [7, 11) is 1.57. The number of carbonyl (C=O) groups excluding carboxylic acids is 1. The fourth-order valence-electron chi connectivity index (χ4n) is 13.3. The second-order valence-electron chi connectivity index (χ2n) is 17.5. The van der Waals surface area contributed by atoms with Crippen LogP contribution in [-0.2, 0) is 19.0 Å². The maximum Gasteiger partial charge on any atom is 0.312 e. The third-order valence-corrected chi connectivity index (χ3v) is 15.6. The van der Waals surface area contributed by atoms with E-state index >= 15 is 0 Å². The summed E-state index contributed by atoms with van der Waals surface area (Å²) in [6.07, 6.45) is 5.43. The van der Waals surface area contributed by atoms with Gasteiger partial charge in [0.1, 0.15) is 18.3 Å². The molecule has 7 nitrogen and oxygen atoms in total. The Morgan fingerprint density at radius 2 is 1.59 bits per heavy atom. The van der Waals surface area contributed by atoms with Gasteiger partial charge in [-0.05, 0) is 129 Å². The number of carbonyl (C=O) groups is 1. The number of aliphatic hydroxyl groups excluding tert-OH is 3. The topological polar surface area (TPSA) is 105 Å². The molecule has 5 aliphatic carbocycles. The minimum absolute atomic E-state index is 0.0139. The highest BCUT2D eigenvalue weighted by atomic mass is 16.7. The molecule has 5 saturated carbocycles. The SMILES string of the molecule is C=C(C)[C@@H]1CC[C@]2(C(=O)OC)CC[C@]3(C)[C@H](CC[C@@H]4[C@@]5(C)CC[C@H](O[C@H]6O[C@H]([C@H](C)O)[C@@H](O)[C@@H]6O)C(C)(C)[C@@H]5CC[C@]43C)[C@@H]12. The summed E-state index contributed by atoms with van der Waals surface area (Å²) in [5.41, 5.74) is 1.20. The van der Waals surface area contributed by atoms with E-state index in [1.54, 1.807) is 14.0 Å². The lowest BCUT2D eigenvalue weighted by Gasteiger charge is -2.73. The molecule has 3 N–H and O–H groups in total. The molecule has 6 aliphatic rings. The molecular weight excluding hydrogens is 556 g/mol.